The fraction of sp³-hybridized carbons (Fsp3) is 0.263. The van der Waals surface area contributed by atoms with Crippen LogP contribution in [0.2, 0.25) is 0 Å². The van der Waals surface area contributed by atoms with Gasteiger partial charge >= 0.3 is 141 Å². The van der Waals surface area contributed by atoms with Gasteiger partial charge in [-0.05, 0) is 0 Å². The summed E-state index contributed by atoms with van der Waals surface area (Å²) in [6.07, 6.45) is 6.24. The van der Waals surface area contributed by atoms with Crippen molar-refractivity contribution in [3.8, 4) is 0 Å². The zero-order valence-electron chi connectivity index (χ0n) is 13.8. The van der Waals surface area contributed by atoms with E-state index in [9.17, 15) is 0 Å². The molecule has 0 spiro atoms. The van der Waals surface area contributed by atoms with E-state index in [2.05, 4.69) is 80.1 Å². The van der Waals surface area contributed by atoms with Crippen molar-refractivity contribution in [2.45, 2.75) is 7.35 Å². The minimum atomic E-state index is -0.800. The van der Waals surface area contributed by atoms with Gasteiger partial charge < -0.3 is 37.2 Å². The van der Waals surface area contributed by atoms with Gasteiger partial charge in [-0.2, -0.15) is 0 Å². The normalized spacial score (nSPS) is 15.4. The molecule has 0 bridgehead atoms. The molecule has 2 aromatic carbocycles. The molecule has 0 saturated heterocycles. The largest absolute Gasteiger partial charge is 1.00 e. The quantitative estimate of drug-likeness (QED) is 0.259. The number of hydrogen-bond donors (Lipinski definition) is 0. The predicted molar refractivity (Wildman–Crippen MR) is 91.0 cm³/mol. The first-order valence-corrected chi connectivity index (χ1v) is 14.0. The van der Waals surface area contributed by atoms with E-state index in [-0.39, 0.29) is 45.1 Å². The van der Waals surface area contributed by atoms with Crippen LogP contribution in [0.25, 0.3) is 6.08 Å². The van der Waals surface area contributed by atoms with E-state index in [1.54, 1.807) is 11.1 Å². The molecule has 2 atom stereocenters. The van der Waals surface area contributed by atoms with Crippen LogP contribution in [-0.4, -0.2) is 19.5 Å². The molecule has 5 heteroatoms. The summed E-state index contributed by atoms with van der Waals surface area (Å²) in [7, 11) is 0.174. The maximum Gasteiger partial charge on any atom is -1.00 e. The minimum Gasteiger partial charge on any atom is -1.00 e. The Bertz CT molecular complexity index is 632. The SMILES string of the molecule is CP(C)C[CH]([Hf+3][CH]1C=Cc2ccccc21)c1ccccc1.[Cl-].[Cl-].[Cl-]. The van der Waals surface area contributed by atoms with Crippen LogP contribution in [0.5, 0.6) is 0 Å². The summed E-state index contributed by atoms with van der Waals surface area (Å²) >= 11 is -0.800. The summed E-state index contributed by atoms with van der Waals surface area (Å²) < 4.78 is 1.65. The molecule has 1 aliphatic rings. The molecule has 0 fully saturated rings. The first kappa shape index (κ1) is 24.4. The average molecular weight is 565 g/mol. The Kier molecular flexibility index (Phi) is 12.0. The van der Waals surface area contributed by atoms with Gasteiger partial charge in [0.25, 0.3) is 0 Å². The summed E-state index contributed by atoms with van der Waals surface area (Å²) in [6.45, 7) is 4.85. The van der Waals surface area contributed by atoms with Gasteiger partial charge in [0.1, 0.15) is 0 Å². The Labute approximate surface area is 177 Å². The van der Waals surface area contributed by atoms with Gasteiger partial charge in [0.15, 0.2) is 0 Å². The fourth-order valence-electron chi connectivity index (χ4n) is 2.92. The number of hydrogen-bond acceptors (Lipinski definition) is 0. The molecule has 1 aliphatic carbocycles. The second kappa shape index (κ2) is 11.9. The molecule has 127 valence electrons. The smallest absolute Gasteiger partial charge is 1.00 e. The predicted octanol–water partition coefficient (Wildman–Crippen LogP) is -3.67. The second-order valence-corrected chi connectivity index (χ2v) is 14.3. The van der Waals surface area contributed by atoms with Crippen LogP contribution >= 0.6 is 7.92 Å². The number of allylic oxidation sites excluding steroid dienone is 1. The number of benzene rings is 2. The van der Waals surface area contributed by atoms with Crippen LogP contribution in [0.4, 0.5) is 0 Å². The van der Waals surface area contributed by atoms with Crippen molar-refractivity contribution >= 4 is 14.0 Å². The van der Waals surface area contributed by atoms with Gasteiger partial charge in [0.05, 0.1) is 0 Å². The zero-order valence-corrected chi connectivity index (χ0v) is 20.5. The molecule has 0 nitrogen and oxygen atoms in total. The van der Waals surface area contributed by atoms with E-state index in [0.29, 0.717) is 0 Å². The van der Waals surface area contributed by atoms with Crippen molar-refractivity contribution < 1.29 is 60.1 Å². The summed E-state index contributed by atoms with van der Waals surface area (Å²) in [5.74, 6) is 0. The van der Waals surface area contributed by atoms with E-state index in [0.717, 1.165) is 7.35 Å². The van der Waals surface area contributed by atoms with Crippen molar-refractivity contribution in [2.75, 3.05) is 19.5 Å². The molecule has 3 rings (SSSR count). The van der Waals surface area contributed by atoms with E-state index < -0.39 is 22.9 Å². The fourth-order valence-corrected chi connectivity index (χ4v) is 14.3. The Hall–Kier alpha value is 0.350. The Balaban J connectivity index is 0.00000176. The molecule has 0 heterocycles. The van der Waals surface area contributed by atoms with E-state index in [1.165, 1.54) is 11.7 Å². The van der Waals surface area contributed by atoms with Crippen LogP contribution in [0, 0.1) is 0 Å². The molecule has 2 aromatic rings. The molecule has 0 aromatic heterocycles. The van der Waals surface area contributed by atoms with Crippen LogP contribution in [0.1, 0.15) is 24.0 Å². The maximum atomic E-state index is 2.48. The van der Waals surface area contributed by atoms with Crippen LogP contribution in [-0.2, 0) is 22.9 Å². The maximum absolute atomic E-state index is 2.48. The van der Waals surface area contributed by atoms with Gasteiger partial charge in [0.2, 0.25) is 0 Å². The van der Waals surface area contributed by atoms with Gasteiger partial charge in [0, 0.05) is 0 Å². The number of fused-ring (bicyclic) bond motifs is 1. The van der Waals surface area contributed by atoms with Crippen LogP contribution in [0.15, 0.2) is 60.7 Å². The van der Waals surface area contributed by atoms with Gasteiger partial charge in [-0.25, -0.2) is 0 Å². The first-order chi connectivity index (χ1) is 10.2. The third-order valence-electron chi connectivity index (χ3n) is 3.93. The monoisotopic (exact) mass is 565 g/mol. The van der Waals surface area contributed by atoms with Crippen molar-refractivity contribution in [1.29, 1.82) is 0 Å². The van der Waals surface area contributed by atoms with Crippen molar-refractivity contribution in [2.24, 2.45) is 0 Å². The molecular weight excluding hydrogens is 544 g/mol. The first-order valence-electron chi connectivity index (χ1n) is 7.47. The average Bonchev–Trinajstić information content (AvgIpc) is 2.90. The molecule has 0 N–H and O–H groups in total. The van der Waals surface area contributed by atoms with Gasteiger partial charge in [-0.1, -0.05) is 0 Å². The Morgan fingerprint density at radius 1 is 0.917 bits per heavy atom. The van der Waals surface area contributed by atoms with E-state index in [1.807, 2.05) is 0 Å². The van der Waals surface area contributed by atoms with Crippen molar-refractivity contribution in [1.82, 2.24) is 0 Å². The molecule has 0 saturated carbocycles. The van der Waals surface area contributed by atoms with Gasteiger partial charge in [-0.15, -0.1) is 0 Å². The van der Waals surface area contributed by atoms with Gasteiger partial charge in [-0.3, -0.25) is 0 Å². The minimum absolute atomic E-state index is 0. The van der Waals surface area contributed by atoms with Crippen molar-refractivity contribution in [3.05, 3.63) is 77.4 Å². The summed E-state index contributed by atoms with van der Waals surface area (Å²) in [5, 5.41) is 0. The molecule has 0 aliphatic heterocycles. The Morgan fingerprint density at radius 3 is 2.21 bits per heavy atom. The molecule has 0 amide bonds. The molecular formula is C19H21Cl3HfP. The standard InChI is InChI=1S/C10H14P.C9H7.3ClH.Hf/c1-11(2)9-8-10-6-4-3-5-7-10;1-2-5-9-7-3-6-8(9)4-1;;;;/h3-8H,9H2,1-2H3;1-7H;3*1H;/q;;;;;+3/p-3. The third-order valence-corrected chi connectivity index (χ3v) is 12.7. The zero-order chi connectivity index (χ0) is 14.7. The van der Waals surface area contributed by atoms with E-state index >= 15 is 0 Å². The topological polar surface area (TPSA) is 0 Å². The summed E-state index contributed by atoms with van der Waals surface area (Å²) in [4.78, 5) is 0. The van der Waals surface area contributed by atoms with E-state index in [4.69, 9.17) is 0 Å². The van der Waals surface area contributed by atoms with Crippen LogP contribution in [0.3, 0.4) is 0 Å². The molecule has 24 heavy (non-hydrogen) atoms. The van der Waals surface area contributed by atoms with Crippen molar-refractivity contribution in [3.63, 3.8) is 0 Å². The number of halogens is 3. The number of rotatable bonds is 5. The summed E-state index contributed by atoms with van der Waals surface area (Å²) in [6, 6.07) is 20.2. The summed E-state index contributed by atoms with van der Waals surface area (Å²) in [5.41, 5.74) is 4.64. The van der Waals surface area contributed by atoms with Crippen LogP contribution < -0.4 is 37.2 Å². The second-order valence-electron chi connectivity index (χ2n) is 5.86. The Morgan fingerprint density at radius 2 is 1.54 bits per heavy atom. The third kappa shape index (κ3) is 6.26. The molecule has 2 unspecified atom stereocenters. The molecule has 0 radical (unpaired) electrons.